The molecule has 0 unspecified atom stereocenters. The number of nitrogens with zero attached hydrogens (tertiary/aromatic N) is 2. The van der Waals surface area contributed by atoms with Gasteiger partial charge in [-0.15, -0.1) is 0 Å². The summed E-state index contributed by atoms with van der Waals surface area (Å²) < 4.78 is 5.66. The van der Waals surface area contributed by atoms with Gasteiger partial charge in [-0.05, 0) is 55.7 Å². The van der Waals surface area contributed by atoms with Crippen molar-refractivity contribution in [3.8, 4) is 5.75 Å². The Labute approximate surface area is 177 Å². The first kappa shape index (κ1) is 20.3. The number of nitrogens with one attached hydrogen (secondary N) is 1. The number of anilines is 3. The third-order valence-electron chi connectivity index (χ3n) is 5.72. The summed E-state index contributed by atoms with van der Waals surface area (Å²) in [6.07, 6.45) is 6.41. The lowest BCUT2D eigenvalue weighted by molar-refractivity contribution is -0.118. The molecule has 2 aromatic rings. The molecule has 2 aliphatic rings. The van der Waals surface area contributed by atoms with Crippen LogP contribution in [0.1, 0.15) is 38.5 Å². The van der Waals surface area contributed by atoms with Crippen LogP contribution in [0.4, 0.5) is 17.1 Å². The molecule has 2 aliphatic heterocycles. The minimum absolute atomic E-state index is 0.0592. The zero-order chi connectivity index (χ0) is 20.8. The van der Waals surface area contributed by atoms with Gasteiger partial charge in [-0.1, -0.05) is 25.0 Å². The Morgan fingerprint density at radius 2 is 1.63 bits per heavy atom. The van der Waals surface area contributed by atoms with Crippen LogP contribution in [0.15, 0.2) is 48.5 Å². The Kier molecular flexibility index (Phi) is 6.52. The molecule has 6 nitrogen and oxygen atoms in total. The van der Waals surface area contributed by atoms with Crippen molar-refractivity contribution in [2.75, 3.05) is 41.4 Å². The molecule has 0 saturated carbocycles. The Morgan fingerprint density at radius 1 is 0.900 bits per heavy atom. The largest absolute Gasteiger partial charge is 0.484 e. The molecule has 1 N–H and O–H groups in total. The standard InChI is InChI=1S/C24H29N3O3/c28-23(18-30-20-13-11-19(12-14-20)27-17-7-10-24(27)29)25-21-8-3-4-9-22(21)26-15-5-1-2-6-16-26/h3-4,8-9,11-14H,1-2,5-7,10,15-18H2,(H,25,28). The highest BCUT2D eigenvalue weighted by Crippen LogP contribution is 2.28. The van der Waals surface area contributed by atoms with Crippen LogP contribution in [0.2, 0.25) is 0 Å². The minimum atomic E-state index is -0.184. The smallest absolute Gasteiger partial charge is 0.262 e. The summed E-state index contributed by atoms with van der Waals surface area (Å²) in [5.41, 5.74) is 2.78. The molecule has 0 radical (unpaired) electrons. The zero-order valence-corrected chi connectivity index (χ0v) is 17.3. The number of ether oxygens (including phenoxy) is 1. The summed E-state index contributed by atoms with van der Waals surface area (Å²) in [4.78, 5) is 28.5. The van der Waals surface area contributed by atoms with E-state index in [9.17, 15) is 9.59 Å². The Bertz CT molecular complexity index is 874. The monoisotopic (exact) mass is 407 g/mol. The number of amides is 2. The molecule has 4 rings (SSSR count). The second-order valence-electron chi connectivity index (χ2n) is 7.90. The van der Waals surface area contributed by atoms with Crippen molar-refractivity contribution < 1.29 is 14.3 Å². The third-order valence-corrected chi connectivity index (χ3v) is 5.72. The fourth-order valence-corrected chi connectivity index (χ4v) is 4.15. The van der Waals surface area contributed by atoms with Gasteiger partial charge in [-0.3, -0.25) is 9.59 Å². The van der Waals surface area contributed by atoms with Gasteiger partial charge in [0.2, 0.25) is 5.91 Å². The van der Waals surface area contributed by atoms with Gasteiger partial charge in [0, 0.05) is 31.7 Å². The molecule has 0 aliphatic carbocycles. The van der Waals surface area contributed by atoms with Crippen LogP contribution in [0, 0.1) is 0 Å². The Balaban J connectivity index is 1.33. The van der Waals surface area contributed by atoms with Crippen LogP contribution in [0.25, 0.3) is 0 Å². The lowest BCUT2D eigenvalue weighted by atomic mass is 10.2. The molecule has 0 aromatic heterocycles. The molecule has 2 fully saturated rings. The van der Waals surface area contributed by atoms with E-state index in [1.807, 2.05) is 30.3 Å². The van der Waals surface area contributed by atoms with E-state index in [1.165, 1.54) is 25.7 Å². The molecular formula is C24H29N3O3. The van der Waals surface area contributed by atoms with E-state index in [-0.39, 0.29) is 18.4 Å². The van der Waals surface area contributed by atoms with E-state index < -0.39 is 0 Å². The maximum Gasteiger partial charge on any atom is 0.262 e. The van der Waals surface area contributed by atoms with Gasteiger partial charge in [0.1, 0.15) is 5.75 Å². The first-order valence-corrected chi connectivity index (χ1v) is 10.9. The third kappa shape index (κ3) is 4.93. The van der Waals surface area contributed by atoms with Crippen molar-refractivity contribution in [3.05, 3.63) is 48.5 Å². The number of hydrogen-bond donors (Lipinski definition) is 1. The molecule has 158 valence electrons. The van der Waals surface area contributed by atoms with Crippen LogP contribution in [-0.2, 0) is 9.59 Å². The lowest BCUT2D eigenvalue weighted by Gasteiger charge is -2.25. The molecule has 0 bridgehead atoms. The molecule has 0 atom stereocenters. The van der Waals surface area contributed by atoms with E-state index >= 15 is 0 Å². The second-order valence-corrected chi connectivity index (χ2v) is 7.90. The van der Waals surface area contributed by atoms with Gasteiger partial charge in [0.05, 0.1) is 11.4 Å². The van der Waals surface area contributed by atoms with Crippen molar-refractivity contribution in [2.45, 2.75) is 38.5 Å². The van der Waals surface area contributed by atoms with E-state index in [1.54, 1.807) is 17.0 Å². The average Bonchev–Trinajstić information content (AvgIpc) is 3.02. The highest BCUT2D eigenvalue weighted by Gasteiger charge is 2.21. The number of rotatable bonds is 6. The number of para-hydroxylation sites is 2. The summed E-state index contributed by atoms with van der Waals surface area (Å²) in [7, 11) is 0. The quantitative estimate of drug-likeness (QED) is 0.779. The van der Waals surface area contributed by atoms with Crippen molar-refractivity contribution in [3.63, 3.8) is 0 Å². The zero-order valence-electron chi connectivity index (χ0n) is 17.3. The molecule has 0 spiro atoms. The highest BCUT2D eigenvalue weighted by atomic mass is 16.5. The molecule has 2 amide bonds. The van der Waals surface area contributed by atoms with Gasteiger partial charge in [-0.2, -0.15) is 0 Å². The average molecular weight is 408 g/mol. The number of carbonyl (C=O) groups is 2. The van der Waals surface area contributed by atoms with Crippen LogP contribution in [-0.4, -0.2) is 38.1 Å². The predicted octanol–water partition coefficient (Wildman–Crippen LogP) is 4.21. The molecular weight excluding hydrogens is 378 g/mol. The Morgan fingerprint density at radius 3 is 2.33 bits per heavy atom. The fraction of sp³-hybridized carbons (Fsp3) is 0.417. The van der Waals surface area contributed by atoms with Crippen molar-refractivity contribution in [1.29, 1.82) is 0 Å². The van der Waals surface area contributed by atoms with Gasteiger partial charge >= 0.3 is 0 Å². The molecule has 2 saturated heterocycles. The van der Waals surface area contributed by atoms with Gasteiger partial charge in [0.15, 0.2) is 6.61 Å². The molecule has 30 heavy (non-hydrogen) atoms. The fourth-order valence-electron chi connectivity index (χ4n) is 4.15. The number of benzene rings is 2. The Hall–Kier alpha value is -3.02. The summed E-state index contributed by atoms with van der Waals surface area (Å²) in [6, 6.07) is 15.3. The van der Waals surface area contributed by atoms with E-state index in [4.69, 9.17) is 4.74 Å². The van der Waals surface area contributed by atoms with Gasteiger partial charge in [0.25, 0.3) is 5.91 Å². The van der Waals surface area contributed by atoms with Gasteiger partial charge < -0.3 is 19.9 Å². The summed E-state index contributed by atoms with van der Waals surface area (Å²) >= 11 is 0. The van der Waals surface area contributed by atoms with Crippen LogP contribution in [0.5, 0.6) is 5.75 Å². The first-order valence-electron chi connectivity index (χ1n) is 10.9. The molecule has 6 heteroatoms. The minimum Gasteiger partial charge on any atom is -0.484 e. The van der Waals surface area contributed by atoms with Crippen LogP contribution < -0.4 is 19.9 Å². The first-order chi connectivity index (χ1) is 14.7. The predicted molar refractivity (Wildman–Crippen MR) is 119 cm³/mol. The van der Waals surface area contributed by atoms with Crippen molar-refractivity contribution in [2.24, 2.45) is 0 Å². The van der Waals surface area contributed by atoms with Crippen LogP contribution in [0.3, 0.4) is 0 Å². The molecule has 2 aromatic carbocycles. The number of carbonyl (C=O) groups excluding carboxylic acids is 2. The highest BCUT2D eigenvalue weighted by molar-refractivity contribution is 5.96. The van der Waals surface area contributed by atoms with Gasteiger partial charge in [-0.25, -0.2) is 0 Å². The van der Waals surface area contributed by atoms with E-state index in [0.29, 0.717) is 12.2 Å². The van der Waals surface area contributed by atoms with Crippen molar-refractivity contribution >= 4 is 28.9 Å². The summed E-state index contributed by atoms with van der Waals surface area (Å²) in [5.74, 6) is 0.587. The van der Waals surface area contributed by atoms with Crippen molar-refractivity contribution in [1.82, 2.24) is 0 Å². The maximum atomic E-state index is 12.5. The summed E-state index contributed by atoms with van der Waals surface area (Å²) in [6.45, 7) is 2.75. The van der Waals surface area contributed by atoms with E-state index in [2.05, 4.69) is 16.3 Å². The van der Waals surface area contributed by atoms with E-state index in [0.717, 1.165) is 43.1 Å². The topological polar surface area (TPSA) is 61.9 Å². The maximum absolute atomic E-state index is 12.5. The second kappa shape index (κ2) is 9.65. The number of hydrogen-bond acceptors (Lipinski definition) is 4. The summed E-state index contributed by atoms with van der Waals surface area (Å²) in [5, 5.41) is 3.00. The molecule has 2 heterocycles. The SMILES string of the molecule is O=C(COc1ccc(N2CCCC2=O)cc1)Nc1ccccc1N1CCCCCC1. The lowest BCUT2D eigenvalue weighted by Crippen LogP contribution is -2.27. The van der Waals surface area contributed by atoms with Crippen LogP contribution >= 0.6 is 0 Å². The normalized spacial score (nSPS) is 17.0.